The average molecular weight is 329 g/mol. The zero-order valence-corrected chi connectivity index (χ0v) is 13.4. The third-order valence-corrected chi connectivity index (χ3v) is 4.28. The number of hydrogen-bond donors (Lipinski definition) is 2. The summed E-state index contributed by atoms with van der Waals surface area (Å²) in [7, 11) is 0. The summed E-state index contributed by atoms with van der Waals surface area (Å²) in [5.41, 5.74) is 1.82. The third-order valence-electron chi connectivity index (χ3n) is 4.28. The van der Waals surface area contributed by atoms with Gasteiger partial charge in [-0.1, -0.05) is 5.21 Å². The highest BCUT2D eigenvalue weighted by Gasteiger charge is 2.23. The molecule has 8 nitrogen and oxygen atoms in total. The number of carbonyl (C=O) groups excluding carboxylic acids is 1. The van der Waals surface area contributed by atoms with Crippen LogP contribution in [0.2, 0.25) is 0 Å². The molecule has 0 bridgehead atoms. The topological polar surface area (TPSA) is 90.3 Å². The number of hydrogen-bond acceptors (Lipinski definition) is 6. The molecule has 0 saturated carbocycles. The van der Waals surface area contributed by atoms with Crippen LogP contribution in [-0.2, 0) is 0 Å². The van der Waals surface area contributed by atoms with Crippen LogP contribution in [0.1, 0.15) is 22.6 Å². The Kier molecular flexibility index (Phi) is 3.81. The summed E-state index contributed by atoms with van der Waals surface area (Å²) in [6.07, 6.45) is 0.932. The van der Waals surface area contributed by atoms with E-state index in [9.17, 15) is 4.79 Å². The predicted molar refractivity (Wildman–Crippen MR) is 85.8 cm³/mol. The van der Waals surface area contributed by atoms with Crippen molar-refractivity contribution in [2.24, 2.45) is 0 Å². The van der Waals surface area contributed by atoms with Crippen LogP contribution in [0.15, 0.2) is 18.2 Å². The first-order valence-corrected chi connectivity index (χ1v) is 8.06. The molecule has 1 aromatic heterocycles. The quantitative estimate of drug-likeness (QED) is 0.849. The molecule has 2 aromatic rings. The van der Waals surface area contributed by atoms with Crippen LogP contribution in [0.4, 0.5) is 0 Å². The second-order valence-corrected chi connectivity index (χ2v) is 5.93. The summed E-state index contributed by atoms with van der Waals surface area (Å²) < 4.78 is 12.8. The van der Waals surface area contributed by atoms with Gasteiger partial charge in [0, 0.05) is 18.7 Å². The first kappa shape index (κ1) is 14.9. The van der Waals surface area contributed by atoms with Crippen LogP contribution >= 0.6 is 0 Å². The number of benzene rings is 1. The molecule has 0 spiro atoms. The molecular formula is C16H19N5O3. The number of rotatable bonds is 3. The zero-order valence-electron chi connectivity index (χ0n) is 13.4. The van der Waals surface area contributed by atoms with E-state index >= 15 is 0 Å². The molecule has 1 fully saturated rings. The monoisotopic (exact) mass is 329 g/mol. The maximum absolute atomic E-state index is 12.4. The Morgan fingerprint density at radius 3 is 2.96 bits per heavy atom. The molecule has 8 heteroatoms. The number of nitrogens with one attached hydrogen (secondary N) is 2. The van der Waals surface area contributed by atoms with Gasteiger partial charge < -0.3 is 20.1 Å². The Balaban J connectivity index is 1.58. The normalized spacial score (nSPS) is 19.3. The van der Waals surface area contributed by atoms with Crippen LogP contribution in [0, 0.1) is 6.92 Å². The lowest BCUT2D eigenvalue weighted by Gasteiger charge is -2.18. The van der Waals surface area contributed by atoms with Crippen LogP contribution in [0.5, 0.6) is 11.5 Å². The molecule has 2 aliphatic heterocycles. The number of amides is 1. The minimum Gasteiger partial charge on any atom is -0.486 e. The van der Waals surface area contributed by atoms with E-state index in [4.69, 9.17) is 9.47 Å². The van der Waals surface area contributed by atoms with Crippen molar-refractivity contribution in [1.82, 2.24) is 25.6 Å². The molecular weight excluding hydrogens is 310 g/mol. The fourth-order valence-electron chi connectivity index (χ4n) is 2.98. The minimum absolute atomic E-state index is 0.149. The highest BCUT2D eigenvalue weighted by atomic mass is 16.6. The van der Waals surface area contributed by atoms with E-state index in [-0.39, 0.29) is 11.9 Å². The predicted octanol–water partition coefficient (Wildman–Crippen LogP) is 0.439. The zero-order chi connectivity index (χ0) is 16.5. The summed E-state index contributed by atoms with van der Waals surface area (Å²) in [6.45, 7) is 4.62. The lowest BCUT2D eigenvalue weighted by molar-refractivity contribution is 0.0934. The maximum atomic E-state index is 12.4. The Hall–Kier alpha value is -2.61. The van der Waals surface area contributed by atoms with Gasteiger partial charge in [-0.05, 0) is 32.0 Å². The van der Waals surface area contributed by atoms with Gasteiger partial charge in [-0.15, -0.1) is 5.10 Å². The molecule has 2 aliphatic rings. The van der Waals surface area contributed by atoms with Gasteiger partial charge in [0.25, 0.3) is 5.91 Å². The van der Waals surface area contributed by atoms with Gasteiger partial charge in [0.15, 0.2) is 17.2 Å². The van der Waals surface area contributed by atoms with Gasteiger partial charge in [0.1, 0.15) is 13.2 Å². The van der Waals surface area contributed by atoms with Gasteiger partial charge in [-0.3, -0.25) is 4.79 Å². The molecule has 24 heavy (non-hydrogen) atoms. The lowest BCUT2D eigenvalue weighted by atomic mass is 10.2. The van der Waals surface area contributed by atoms with Crippen molar-refractivity contribution in [2.45, 2.75) is 19.4 Å². The first-order chi connectivity index (χ1) is 11.7. The molecule has 1 amide bonds. The highest BCUT2D eigenvalue weighted by Crippen LogP contribution is 2.32. The fraction of sp³-hybridized carbons (Fsp3) is 0.438. The summed E-state index contributed by atoms with van der Waals surface area (Å²) in [6, 6.07) is 5.71. The Bertz CT molecular complexity index is 767. The number of fused-ring (bicyclic) bond motifs is 1. The van der Waals surface area contributed by atoms with Crippen molar-refractivity contribution in [3.63, 3.8) is 0 Å². The Morgan fingerprint density at radius 2 is 2.17 bits per heavy atom. The summed E-state index contributed by atoms with van der Waals surface area (Å²) >= 11 is 0. The second-order valence-electron chi connectivity index (χ2n) is 5.93. The smallest absolute Gasteiger partial charge is 0.274 e. The van der Waals surface area contributed by atoms with E-state index < -0.39 is 0 Å². The van der Waals surface area contributed by atoms with Crippen molar-refractivity contribution in [3.05, 3.63) is 29.6 Å². The van der Waals surface area contributed by atoms with Gasteiger partial charge in [0.2, 0.25) is 0 Å². The number of carbonyl (C=O) groups is 1. The number of ether oxygens (including phenoxy) is 2. The molecule has 1 aromatic carbocycles. The van der Waals surface area contributed by atoms with Gasteiger partial charge in [-0.2, -0.15) is 0 Å². The molecule has 126 valence electrons. The van der Waals surface area contributed by atoms with Crippen molar-refractivity contribution in [1.29, 1.82) is 0 Å². The molecule has 4 rings (SSSR count). The Labute approximate surface area is 139 Å². The van der Waals surface area contributed by atoms with Crippen LogP contribution in [-0.4, -0.2) is 53.2 Å². The van der Waals surface area contributed by atoms with Crippen molar-refractivity contribution >= 4 is 5.91 Å². The van der Waals surface area contributed by atoms with E-state index in [0.717, 1.165) is 30.9 Å². The molecule has 1 saturated heterocycles. The first-order valence-electron chi connectivity index (χ1n) is 8.06. The van der Waals surface area contributed by atoms with Crippen molar-refractivity contribution in [3.8, 4) is 17.2 Å². The minimum atomic E-state index is -0.190. The fourth-order valence-corrected chi connectivity index (χ4v) is 2.98. The summed E-state index contributed by atoms with van der Waals surface area (Å²) in [4.78, 5) is 12.4. The maximum Gasteiger partial charge on any atom is 0.274 e. The van der Waals surface area contributed by atoms with E-state index in [1.165, 1.54) is 0 Å². The number of nitrogens with zero attached hydrogens (tertiary/aromatic N) is 3. The second kappa shape index (κ2) is 6.12. The third kappa shape index (κ3) is 2.69. The van der Waals surface area contributed by atoms with E-state index in [2.05, 4.69) is 20.9 Å². The molecule has 0 radical (unpaired) electrons. The average Bonchev–Trinajstić information content (AvgIpc) is 3.24. The van der Waals surface area contributed by atoms with Crippen LogP contribution in [0.25, 0.3) is 5.69 Å². The van der Waals surface area contributed by atoms with Gasteiger partial charge >= 0.3 is 0 Å². The van der Waals surface area contributed by atoms with E-state index in [1.54, 1.807) is 4.68 Å². The molecule has 0 aliphatic carbocycles. The van der Waals surface area contributed by atoms with Crippen LogP contribution < -0.4 is 20.1 Å². The van der Waals surface area contributed by atoms with Crippen molar-refractivity contribution in [2.75, 3.05) is 26.3 Å². The largest absolute Gasteiger partial charge is 0.486 e. The molecule has 3 heterocycles. The van der Waals surface area contributed by atoms with E-state index in [1.807, 2.05) is 25.1 Å². The standard InChI is InChI=1S/C16H19N5O3/c1-10-15(16(22)18-11-4-5-17-9-11)19-20-21(10)12-2-3-13-14(8-12)24-7-6-23-13/h2-3,8,11,17H,4-7,9H2,1H3,(H,18,22). The highest BCUT2D eigenvalue weighted by molar-refractivity contribution is 5.93. The molecule has 1 atom stereocenters. The molecule has 2 N–H and O–H groups in total. The summed E-state index contributed by atoms with van der Waals surface area (Å²) in [5.74, 6) is 1.20. The van der Waals surface area contributed by atoms with E-state index in [0.29, 0.717) is 30.4 Å². The van der Waals surface area contributed by atoms with Gasteiger partial charge in [0.05, 0.1) is 11.4 Å². The molecule has 1 unspecified atom stereocenters. The van der Waals surface area contributed by atoms with Crippen molar-refractivity contribution < 1.29 is 14.3 Å². The van der Waals surface area contributed by atoms with Gasteiger partial charge in [-0.25, -0.2) is 4.68 Å². The SMILES string of the molecule is Cc1c(C(=O)NC2CCNC2)nnn1-c1ccc2c(c1)OCCO2. The Morgan fingerprint density at radius 1 is 1.33 bits per heavy atom. The summed E-state index contributed by atoms with van der Waals surface area (Å²) in [5, 5.41) is 14.4. The lowest BCUT2D eigenvalue weighted by Crippen LogP contribution is -2.36. The van der Waals surface area contributed by atoms with Crippen LogP contribution in [0.3, 0.4) is 0 Å². The number of aromatic nitrogens is 3.